The predicted molar refractivity (Wildman–Crippen MR) is 68.7 cm³/mol. The number of rotatable bonds is 4. The zero-order valence-electron chi connectivity index (χ0n) is 10.8. The highest BCUT2D eigenvalue weighted by molar-refractivity contribution is 5.96. The third kappa shape index (κ3) is 3.25. The first-order valence-corrected chi connectivity index (χ1v) is 5.75. The van der Waals surface area contributed by atoms with Gasteiger partial charge >= 0.3 is 0 Å². The molecule has 6 heteroatoms. The second kappa shape index (κ2) is 5.90. The van der Waals surface area contributed by atoms with Gasteiger partial charge in [-0.1, -0.05) is 0 Å². The molecule has 2 aromatic heterocycles. The average Bonchev–Trinajstić information content (AvgIpc) is 2.45. The Balaban J connectivity index is 2.05. The minimum absolute atomic E-state index is 0.249. The molecule has 0 aliphatic rings. The van der Waals surface area contributed by atoms with Crippen LogP contribution in [0, 0.1) is 6.92 Å². The number of hydrogen-bond acceptors (Lipinski definition) is 5. The summed E-state index contributed by atoms with van der Waals surface area (Å²) in [6.45, 7) is 2.21. The van der Waals surface area contributed by atoms with E-state index < -0.39 is 0 Å². The minimum Gasteiger partial charge on any atom is -0.480 e. The van der Waals surface area contributed by atoms with Crippen LogP contribution in [0.5, 0.6) is 5.88 Å². The smallest absolute Gasteiger partial charge is 0.257 e. The molecule has 0 radical (unpaired) electrons. The van der Waals surface area contributed by atoms with E-state index >= 15 is 0 Å². The van der Waals surface area contributed by atoms with Gasteiger partial charge in [-0.15, -0.1) is 0 Å². The van der Waals surface area contributed by atoms with E-state index in [1.165, 1.54) is 13.4 Å². The third-order valence-corrected chi connectivity index (χ3v) is 2.50. The molecule has 0 fully saturated rings. The average molecular weight is 258 g/mol. The van der Waals surface area contributed by atoms with Gasteiger partial charge in [0.05, 0.1) is 19.3 Å². The molecule has 0 aliphatic heterocycles. The van der Waals surface area contributed by atoms with Crippen LogP contribution in [0.15, 0.2) is 30.7 Å². The first-order valence-electron chi connectivity index (χ1n) is 5.75. The summed E-state index contributed by atoms with van der Waals surface area (Å²) in [5.74, 6) is 0.0556. The van der Waals surface area contributed by atoms with Crippen molar-refractivity contribution in [2.45, 2.75) is 13.5 Å². The van der Waals surface area contributed by atoms with Crippen molar-refractivity contribution in [2.24, 2.45) is 0 Å². The number of pyridine rings is 1. The summed E-state index contributed by atoms with van der Waals surface area (Å²) in [6.07, 6.45) is 3.05. The van der Waals surface area contributed by atoms with Gasteiger partial charge in [0.1, 0.15) is 11.9 Å². The van der Waals surface area contributed by atoms with Crippen LogP contribution in [0.3, 0.4) is 0 Å². The molecule has 0 aromatic carbocycles. The molecule has 0 atom stereocenters. The van der Waals surface area contributed by atoms with Crippen LogP contribution in [0.2, 0.25) is 0 Å². The third-order valence-electron chi connectivity index (χ3n) is 2.50. The summed E-state index contributed by atoms with van der Waals surface area (Å²) in [4.78, 5) is 24.1. The quantitative estimate of drug-likeness (QED) is 0.889. The topological polar surface area (TPSA) is 77.0 Å². The van der Waals surface area contributed by atoms with E-state index in [0.29, 0.717) is 18.0 Å². The number of amides is 1. The number of methoxy groups -OCH3 is 1. The largest absolute Gasteiger partial charge is 0.480 e. The second-order valence-electron chi connectivity index (χ2n) is 3.89. The van der Waals surface area contributed by atoms with E-state index in [4.69, 9.17) is 4.74 Å². The Morgan fingerprint density at radius 3 is 2.95 bits per heavy atom. The number of nitrogens with one attached hydrogen (secondary N) is 1. The Bertz CT molecular complexity index is 586. The van der Waals surface area contributed by atoms with Crippen LogP contribution >= 0.6 is 0 Å². The lowest BCUT2D eigenvalue weighted by Gasteiger charge is -2.07. The SMILES string of the molecule is COc1ncccc1C(=O)NCc1cc(C)ncn1. The molecule has 19 heavy (non-hydrogen) atoms. The number of aryl methyl sites for hydroxylation is 1. The fourth-order valence-electron chi connectivity index (χ4n) is 1.60. The van der Waals surface area contributed by atoms with Gasteiger partial charge in [0, 0.05) is 11.9 Å². The molecule has 1 N–H and O–H groups in total. The van der Waals surface area contributed by atoms with Gasteiger partial charge in [0.15, 0.2) is 0 Å². The van der Waals surface area contributed by atoms with E-state index in [9.17, 15) is 4.79 Å². The molecular formula is C13H14N4O2. The monoisotopic (exact) mass is 258 g/mol. The maximum Gasteiger partial charge on any atom is 0.257 e. The van der Waals surface area contributed by atoms with Crippen LogP contribution in [-0.4, -0.2) is 28.0 Å². The summed E-state index contributed by atoms with van der Waals surface area (Å²) in [6, 6.07) is 5.17. The van der Waals surface area contributed by atoms with Gasteiger partial charge in [-0.3, -0.25) is 4.79 Å². The number of carbonyl (C=O) groups is 1. The summed E-state index contributed by atoms with van der Waals surface area (Å²) in [7, 11) is 1.48. The molecule has 98 valence electrons. The normalized spacial score (nSPS) is 10.0. The summed E-state index contributed by atoms with van der Waals surface area (Å²) in [5.41, 5.74) is 2.01. The van der Waals surface area contributed by atoms with Crippen molar-refractivity contribution in [1.29, 1.82) is 0 Å². The Kier molecular flexibility index (Phi) is 4.02. The fraction of sp³-hybridized carbons (Fsp3) is 0.231. The van der Waals surface area contributed by atoms with Crippen molar-refractivity contribution >= 4 is 5.91 Å². The van der Waals surface area contributed by atoms with Crippen LogP contribution in [-0.2, 0) is 6.54 Å². The standard InChI is InChI=1S/C13H14N4O2/c1-9-6-10(17-8-16-9)7-15-12(18)11-4-3-5-14-13(11)19-2/h3-6,8H,7H2,1-2H3,(H,15,18). The highest BCUT2D eigenvalue weighted by atomic mass is 16.5. The molecule has 0 aliphatic carbocycles. The summed E-state index contributed by atoms with van der Waals surface area (Å²) >= 11 is 0. The van der Waals surface area contributed by atoms with Crippen LogP contribution in [0.25, 0.3) is 0 Å². The first-order chi connectivity index (χ1) is 9.20. The first kappa shape index (κ1) is 12.9. The van der Waals surface area contributed by atoms with Crippen molar-refractivity contribution in [3.63, 3.8) is 0 Å². The number of aromatic nitrogens is 3. The Hall–Kier alpha value is -2.50. The number of ether oxygens (including phenoxy) is 1. The molecule has 2 rings (SSSR count). The molecule has 0 bridgehead atoms. The van der Waals surface area contributed by atoms with Crippen LogP contribution in [0.4, 0.5) is 0 Å². The number of carbonyl (C=O) groups excluding carboxylic acids is 1. The van der Waals surface area contributed by atoms with E-state index in [1.54, 1.807) is 18.3 Å². The highest BCUT2D eigenvalue weighted by Crippen LogP contribution is 2.13. The van der Waals surface area contributed by atoms with Gasteiger partial charge < -0.3 is 10.1 Å². The van der Waals surface area contributed by atoms with E-state index in [0.717, 1.165) is 11.4 Å². The second-order valence-corrected chi connectivity index (χ2v) is 3.89. The van der Waals surface area contributed by atoms with Gasteiger partial charge in [0.2, 0.25) is 5.88 Å². The number of nitrogens with zero attached hydrogens (tertiary/aromatic N) is 3. The van der Waals surface area contributed by atoms with Gasteiger partial charge in [-0.25, -0.2) is 15.0 Å². The zero-order chi connectivity index (χ0) is 13.7. The fourth-order valence-corrected chi connectivity index (χ4v) is 1.60. The number of hydrogen-bond donors (Lipinski definition) is 1. The summed E-state index contributed by atoms with van der Waals surface area (Å²) in [5, 5.41) is 2.77. The highest BCUT2D eigenvalue weighted by Gasteiger charge is 2.12. The van der Waals surface area contributed by atoms with Crippen molar-refractivity contribution in [3.8, 4) is 5.88 Å². The Labute approximate surface area is 110 Å². The lowest BCUT2D eigenvalue weighted by Crippen LogP contribution is -2.24. The predicted octanol–water partition coefficient (Wildman–Crippen LogP) is 1.12. The molecule has 1 amide bonds. The zero-order valence-corrected chi connectivity index (χ0v) is 10.8. The molecule has 0 unspecified atom stereocenters. The van der Waals surface area contributed by atoms with Crippen molar-refractivity contribution in [1.82, 2.24) is 20.3 Å². The molecule has 2 heterocycles. The maximum atomic E-state index is 12.0. The lowest BCUT2D eigenvalue weighted by molar-refractivity contribution is 0.0946. The molecule has 0 spiro atoms. The van der Waals surface area contributed by atoms with E-state index in [2.05, 4.69) is 20.3 Å². The molecule has 6 nitrogen and oxygen atoms in total. The van der Waals surface area contributed by atoms with Crippen molar-refractivity contribution in [2.75, 3.05) is 7.11 Å². The van der Waals surface area contributed by atoms with Gasteiger partial charge in [-0.05, 0) is 25.1 Å². The Morgan fingerprint density at radius 2 is 2.21 bits per heavy atom. The van der Waals surface area contributed by atoms with E-state index in [1.807, 2.05) is 13.0 Å². The molecular weight excluding hydrogens is 244 g/mol. The van der Waals surface area contributed by atoms with Crippen LogP contribution in [0.1, 0.15) is 21.7 Å². The molecule has 2 aromatic rings. The van der Waals surface area contributed by atoms with Crippen LogP contribution < -0.4 is 10.1 Å². The molecule has 0 saturated heterocycles. The van der Waals surface area contributed by atoms with Gasteiger partial charge in [0.25, 0.3) is 5.91 Å². The van der Waals surface area contributed by atoms with Crippen molar-refractivity contribution < 1.29 is 9.53 Å². The summed E-state index contributed by atoms with van der Waals surface area (Å²) < 4.78 is 5.04. The van der Waals surface area contributed by atoms with Crippen molar-refractivity contribution in [3.05, 3.63) is 47.7 Å². The minimum atomic E-state index is -0.249. The lowest BCUT2D eigenvalue weighted by atomic mass is 10.2. The maximum absolute atomic E-state index is 12.0. The van der Waals surface area contributed by atoms with E-state index in [-0.39, 0.29) is 5.91 Å². The van der Waals surface area contributed by atoms with Gasteiger partial charge in [-0.2, -0.15) is 0 Å². The molecule has 0 saturated carbocycles. The Morgan fingerprint density at radius 1 is 1.37 bits per heavy atom.